The lowest BCUT2D eigenvalue weighted by molar-refractivity contribution is 0.0700. The summed E-state index contributed by atoms with van der Waals surface area (Å²) in [7, 11) is 0. The van der Waals surface area contributed by atoms with E-state index >= 15 is 0 Å². The van der Waals surface area contributed by atoms with Crippen LogP contribution in [0.5, 0.6) is 0 Å². The lowest BCUT2D eigenvalue weighted by Crippen LogP contribution is -2.28. The first kappa shape index (κ1) is 13.8. The predicted molar refractivity (Wildman–Crippen MR) is 78.4 cm³/mol. The van der Waals surface area contributed by atoms with Crippen LogP contribution in [0.2, 0.25) is 0 Å². The van der Waals surface area contributed by atoms with Crippen molar-refractivity contribution in [2.24, 2.45) is 0 Å². The molecule has 0 unspecified atom stereocenters. The highest BCUT2D eigenvalue weighted by Crippen LogP contribution is 2.22. The van der Waals surface area contributed by atoms with Crippen molar-refractivity contribution >= 4 is 23.1 Å². The molecule has 1 aliphatic carbocycles. The van der Waals surface area contributed by atoms with E-state index < -0.39 is 5.97 Å². The number of fused-ring (bicyclic) bond motifs is 1. The van der Waals surface area contributed by atoms with Crippen LogP contribution in [0.25, 0.3) is 0 Å². The molecular weight excluding hydrogens is 290 g/mol. The van der Waals surface area contributed by atoms with E-state index in [1.54, 1.807) is 17.5 Å². The van der Waals surface area contributed by atoms with Crippen molar-refractivity contribution in [3.8, 4) is 0 Å². The second-order valence-electron chi connectivity index (χ2n) is 4.97. The van der Waals surface area contributed by atoms with Crippen LogP contribution in [0, 0.1) is 0 Å². The fourth-order valence-electron chi connectivity index (χ4n) is 2.69. The van der Waals surface area contributed by atoms with Gasteiger partial charge < -0.3 is 9.67 Å². The Kier molecular flexibility index (Phi) is 3.47. The van der Waals surface area contributed by atoms with Crippen LogP contribution in [0.1, 0.15) is 44.1 Å². The minimum Gasteiger partial charge on any atom is -0.477 e. The third kappa shape index (κ3) is 2.42. The van der Waals surface area contributed by atoms with Gasteiger partial charge in [-0.1, -0.05) is 0 Å². The highest BCUT2D eigenvalue weighted by Gasteiger charge is 2.22. The molecule has 0 saturated heterocycles. The van der Waals surface area contributed by atoms with Crippen molar-refractivity contribution in [1.29, 1.82) is 0 Å². The minimum absolute atomic E-state index is 0.0498. The number of thiophene rings is 1. The summed E-state index contributed by atoms with van der Waals surface area (Å²) in [4.78, 5) is 35.4. The van der Waals surface area contributed by atoms with Gasteiger partial charge in [0.1, 0.15) is 4.88 Å². The van der Waals surface area contributed by atoms with Crippen LogP contribution in [0.15, 0.2) is 28.4 Å². The maximum absolute atomic E-state index is 12.1. The zero-order valence-corrected chi connectivity index (χ0v) is 12.0. The Labute approximate surface area is 124 Å². The van der Waals surface area contributed by atoms with Gasteiger partial charge >= 0.3 is 5.97 Å². The third-order valence-corrected chi connectivity index (χ3v) is 4.63. The number of carboxylic acid groups (broad SMARTS) is 1. The second-order valence-corrected chi connectivity index (χ2v) is 5.89. The highest BCUT2D eigenvalue weighted by atomic mass is 32.1. The van der Waals surface area contributed by atoms with Crippen molar-refractivity contribution in [2.75, 3.05) is 0 Å². The molecular formula is C15H13NO4S. The van der Waals surface area contributed by atoms with Crippen molar-refractivity contribution in [3.05, 3.63) is 55.6 Å². The molecule has 0 atom stereocenters. The number of rotatable bonds is 3. The molecule has 6 heteroatoms. The Hall–Kier alpha value is -2.21. The molecule has 0 bridgehead atoms. The fourth-order valence-corrected chi connectivity index (χ4v) is 3.44. The van der Waals surface area contributed by atoms with Crippen molar-refractivity contribution in [1.82, 2.24) is 4.57 Å². The largest absolute Gasteiger partial charge is 0.477 e. The Balaban J connectivity index is 2.09. The van der Waals surface area contributed by atoms with Gasteiger partial charge in [-0.2, -0.15) is 0 Å². The molecule has 0 saturated carbocycles. The summed E-state index contributed by atoms with van der Waals surface area (Å²) >= 11 is 1.14. The molecule has 21 heavy (non-hydrogen) atoms. The molecule has 2 heterocycles. The van der Waals surface area contributed by atoms with E-state index in [0.29, 0.717) is 24.0 Å². The average Bonchev–Trinajstić information content (AvgIpc) is 2.91. The molecule has 1 aliphatic rings. The Bertz CT molecular complexity index is 787. The monoisotopic (exact) mass is 303 g/mol. The van der Waals surface area contributed by atoms with Crippen LogP contribution in [0.4, 0.5) is 0 Å². The maximum Gasteiger partial charge on any atom is 0.346 e. The molecule has 3 rings (SSSR count). The van der Waals surface area contributed by atoms with Gasteiger partial charge in [-0.25, -0.2) is 4.79 Å². The SMILES string of the molecule is O=C1CCCc2c1ccc(=O)n2Cc1ccsc1C(=O)O. The summed E-state index contributed by atoms with van der Waals surface area (Å²) in [6, 6.07) is 4.68. The van der Waals surface area contributed by atoms with Gasteiger partial charge in [0.05, 0.1) is 6.54 Å². The van der Waals surface area contributed by atoms with Crippen LogP contribution in [-0.4, -0.2) is 21.4 Å². The average molecular weight is 303 g/mol. The molecule has 108 valence electrons. The first-order chi connectivity index (χ1) is 10.1. The summed E-state index contributed by atoms with van der Waals surface area (Å²) in [5, 5.41) is 10.9. The quantitative estimate of drug-likeness (QED) is 0.943. The summed E-state index contributed by atoms with van der Waals surface area (Å²) in [6.07, 6.45) is 1.90. The summed E-state index contributed by atoms with van der Waals surface area (Å²) in [6.45, 7) is 0.195. The smallest absolute Gasteiger partial charge is 0.346 e. The minimum atomic E-state index is -0.992. The number of carbonyl (C=O) groups is 2. The van der Waals surface area contributed by atoms with E-state index in [2.05, 4.69) is 0 Å². The van der Waals surface area contributed by atoms with Crippen molar-refractivity contribution in [3.63, 3.8) is 0 Å². The Morgan fingerprint density at radius 1 is 1.24 bits per heavy atom. The number of nitrogens with zero attached hydrogens (tertiary/aromatic N) is 1. The number of carboxylic acids is 1. The lowest BCUT2D eigenvalue weighted by Gasteiger charge is -2.19. The molecule has 0 aromatic carbocycles. The fraction of sp³-hybridized carbons (Fsp3) is 0.267. The van der Waals surface area contributed by atoms with E-state index in [1.165, 1.54) is 10.6 Å². The first-order valence-corrected chi connectivity index (χ1v) is 7.51. The van der Waals surface area contributed by atoms with Crippen LogP contribution in [0.3, 0.4) is 0 Å². The standard InChI is InChI=1S/C15H13NO4S/c17-12-3-1-2-11-10(12)4-5-13(18)16(11)8-9-6-7-21-14(9)15(19)20/h4-7H,1-3,8H2,(H,19,20). The maximum atomic E-state index is 12.1. The number of aromatic carboxylic acids is 1. The topological polar surface area (TPSA) is 76.4 Å². The lowest BCUT2D eigenvalue weighted by atomic mass is 9.94. The molecule has 5 nitrogen and oxygen atoms in total. The molecule has 1 N–H and O–H groups in total. The number of hydrogen-bond acceptors (Lipinski definition) is 4. The number of pyridine rings is 1. The van der Waals surface area contributed by atoms with Gasteiger partial charge in [0.2, 0.25) is 0 Å². The van der Waals surface area contributed by atoms with Crippen LogP contribution in [-0.2, 0) is 13.0 Å². The number of carbonyl (C=O) groups excluding carboxylic acids is 1. The molecule has 0 radical (unpaired) electrons. The molecule has 2 aromatic heterocycles. The van der Waals surface area contributed by atoms with Gasteiger partial charge in [-0.15, -0.1) is 11.3 Å². The van der Waals surface area contributed by atoms with Crippen molar-refractivity contribution < 1.29 is 14.7 Å². The summed E-state index contributed by atoms with van der Waals surface area (Å²) < 4.78 is 1.53. The van der Waals surface area contributed by atoms with E-state index in [1.807, 2.05) is 0 Å². The van der Waals surface area contributed by atoms with E-state index in [4.69, 9.17) is 5.11 Å². The van der Waals surface area contributed by atoms with E-state index in [9.17, 15) is 14.4 Å². The van der Waals surface area contributed by atoms with Gasteiger partial charge in [-0.3, -0.25) is 9.59 Å². The predicted octanol–water partition coefficient (Wildman–Crippen LogP) is 2.18. The van der Waals surface area contributed by atoms with Gasteiger partial charge in [0, 0.05) is 23.7 Å². The molecule has 0 fully saturated rings. The van der Waals surface area contributed by atoms with Crippen LogP contribution >= 0.6 is 11.3 Å². The normalized spacial score (nSPS) is 14.0. The Morgan fingerprint density at radius 3 is 2.81 bits per heavy atom. The van der Waals surface area contributed by atoms with Crippen molar-refractivity contribution in [2.45, 2.75) is 25.8 Å². The third-order valence-electron chi connectivity index (χ3n) is 3.68. The number of ketones is 1. The van der Waals surface area contributed by atoms with E-state index in [0.717, 1.165) is 23.5 Å². The summed E-state index contributed by atoms with van der Waals surface area (Å²) in [5.41, 5.74) is 1.71. The number of Topliss-reactive ketones (excluding diaryl/α,β-unsaturated/α-hetero) is 1. The molecule has 0 aliphatic heterocycles. The molecule has 0 amide bonds. The van der Waals surface area contributed by atoms with Crippen LogP contribution < -0.4 is 5.56 Å². The van der Waals surface area contributed by atoms with Gasteiger partial charge in [0.15, 0.2) is 5.78 Å². The van der Waals surface area contributed by atoms with Gasteiger partial charge in [0.25, 0.3) is 5.56 Å². The number of aromatic nitrogens is 1. The number of hydrogen-bond donors (Lipinski definition) is 1. The first-order valence-electron chi connectivity index (χ1n) is 6.63. The second kappa shape index (κ2) is 5.29. The highest BCUT2D eigenvalue weighted by molar-refractivity contribution is 7.12. The molecule has 2 aromatic rings. The zero-order valence-electron chi connectivity index (χ0n) is 11.2. The Morgan fingerprint density at radius 2 is 2.05 bits per heavy atom. The summed E-state index contributed by atoms with van der Waals surface area (Å²) in [5.74, 6) is -0.942. The molecule has 0 spiro atoms. The van der Waals surface area contributed by atoms with Gasteiger partial charge in [-0.05, 0) is 35.9 Å². The van der Waals surface area contributed by atoms with E-state index in [-0.39, 0.29) is 22.8 Å². The zero-order chi connectivity index (χ0) is 15.0.